The van der Waals surface area contributed by atoms with Crippen molar-refractivity contribution in [3.05, 3.63) is 0 Å². The van der Waals surface area contributed by atoms with Gasteiger partial charge in [-0.1, -0.05) is 6.92 Å². The van der Waals surface area contributed by atoms with E-state index in [0.29, 0.717) is 6.04 Å². The summed E-state index contributed by atoms with van der Waals surface area (Å²) in [5, 5.41) is 21.7. The minimum absolute atomic E-state index is 0.0905. The maximum Gasteiger partial charge on any atom is 0.0584 e. The number of hydrogen-bond donors (Lipinski definition) is 3. The van der Waals surface area contributed by atoms with Crippen LogP contribution in [0, 0.1) is 0 Å². The fourth-order valence-electron chi connectivity index (χ4n) is 1.88. The summed E-state index contributed by atoms with van der Waals surface area (Å²) in [5.74, 6) is 0. The summed E-state index contributed by atoms with van der Waals surface area (Å²) in [6, 6.07) is 0.737. The molecule has 1 fully saturated rings. The molecule has 1 saturated carbocycles. The third kappa shape index (κ3) is 3.63. The van der Waals surface area contributed by atoms with Gasteiger partial charge in [0.15, 0.2) is 0 Å². The van der Waals surface area contributed by atoms with Crippen molar-refractivity contribution >= 4 is 0 Å². The maximum atomic E-state index is 9.30. The third-order valence-electron chi connectivity index (χ3n) is 2.88. The quantitative estimate of drug-likeness (QED) is 0.605. The molecular formula is C10H21NO2. The Labute approximate surface area is 80.2 Å². The van der Waals surface area contributed by atoms with Crippen molar-refractivity contribution in [1.29, 1.82) is 0 Å². The predicted octanol–water partition coefficient (Wildman–Crippen LogP) is 0.650. The first-order valence-corrected chi connectivity index (χ1v) is 5.31. The van der Waals surface area contributed by atoms with Crippen molar-refractivity contribution in [2.75, 3.05) is 6.61 Å². The lowest BCUT2D eigenvalue weighted by atomic mass is 9.92. The highest BCUT2D eigenvalue weighted by Gasteiger charge is 2.20. The lowest BCUT2D eigenvalue weighted by molar-refractivity contribution is 0.110. The van der Waals surface area contributed by atoms with Gasteiger partial charge >= 0.3 is 0 Å². The molecule has 13 heavy (non-hydrogen) atoms. The second kappa shape index (κ2) is 5.58. The second-order valence-corrected chi connectivity index (χ2v) is 3.96. The molecule has 1 aliphatic carbocycles. The minimum atomic E-state index is -0.0905. The Kier molecular flexibility index (Phi) is 4.70. The minimum Gasteiger partial charge on any atom is -0.395 e. The van der Waals surface area contributed by atoms with Gasteiger partial charge < -0.3 is 15.5 Å². The van der Waals surface area contributed by atoms with Gasteiger partial charge in [-0.15, -0.1) is 0 Å². The molecule has 1 aliphatic rings. The van der Waals surface area contributed by atoms with Crippen LogP contribution in [0.2, 0.25) is 0 Å². The van der Waals surface area contributed by atoms with Crippen LogP contribution in [0.15, 0.2) is 0 Å². The van der Waals surface area contributed by atoms with Crippen molar-refractivity contribution in [2.24, 2.45) is 0 Å². The Balaban J connectivity index is 2.21. The fourth-order valence-corrected chi connectivity index (χ4v) is 1.88. The molecule has 0 aromatic rings. The summed E-state index contributed by atoms with van der Waals surface area (Å²) in [5.41, 5.74) is 0. The molecule has 0 heterocycles. The predicted molar refractivity (Wildman–Crippen MR) is 52.6 cm³/mol. The molecule has 0 saturated heterocycles. The summed E-state index contributed by atoms with van der Waals surface area (Å²) >= 11 is 0. The number of nitrogens with one attached hydrogen (secondary N) is 1. The van der Waals surface area contributed by atoms with Crippen LogP contribution in [-0.4, -0.2) is 35.0 Å². The van der Waals surface area contributed by atoms with Gasteiger partial charge in [-0.2, -0.15) is 0 Å². The molecular weight excluding hydrogens is 166 g/mol. The van der Waals surface area contributed by atoms with E-state index in [1.807, 2.05) is 0 Å². The van der Waals surface area contributed by atoms with Crippen molar-refractivity contribution in [2.45, 2.75) is 57.2 Å². The summed E-state index contributed by atoms with van der Waals surface area (Å²) in [7, 11) is 0. The molecule has 0 radical (unpaired) electrons. The van der Waals surface area contributed by atoms with Gasteiger partial charge in [0.25, 0.3) is 0 Å². The van der Waals surface area contributed by atoms with Crippen molar-refractivity contribution in [1.82, 2.24) is 5.32 Å². The Bertz CT molecular complexity index is 129. The first-order chi connectivity index (χ1) is 6.26. The maximum absolute atomic E-state index is 9.30. The summed E-state index contributed by atoms with van der Waals surface area (Å²) in [6.45, 7) is 2.29. The van der Waals surface area contributed by atoms with Crippen LogP contribution in [0.3, 0.4) is 0 Å². The molecule has 3 nitrogen and oxygen atoms in total. The van der Waals surface area contributed by atoms with Crippen LogP contribution in [0.4, 0.5) is 0 Å². The molecule has 0 spiro atoms. The summed E-state index contributed by atoms with van der Waals surface area (Å²) < 4.78 is 0. The van der Waals surface area contributed by atoms with E-state index in [4.69, 9.17) is 5.11 Å². The SMILES string of the molecule is CCC(CO)NC1CCC(O)CC1. The molecule has 0 aromatic carbocycles. The lowest BCUT2D eigenvalue weighted by Gasteiger charge is -2.29. The number of rotatable bonds is 4. The number of aliphatic hydroxyl groups is 2. The summed E-state index contributed by atoms with van der Waals surface area (Å²) in [4.78, 5) is 0. The molecule has 1 unspecified atom stereocenters. The highest BCUT2D eigenvalue weighted by atomic mass is 16.3. The zero-order valence-electron chi connectivity index (χ0n) is 8.37. The smallest absolute Gasteiger partial charge is 0.0584 e. The Morgan fingerprint density at radius 1 is 1.31 bits per heavy atom. The highest BCUT2D eigenvalue weighted by Crippen LogP contribution is 2.18. The average Bonchev–Trinajstić information content (AvgIpc) is 2.17. The molecule has 0 amide bonds. The van der Waals surface area contributed by atoms with E-state index in [1.165, 1.54) is 0 Å². The molecule has 0 aliphatic heterocycles. The molecule has 3 heteroatoms. The zero-order valence-corrected chi connectivity index (χ0v) is 8.37. The fraction of sp³-hybridized carbons (Fsp3) is 1.00. The largest absolute Gasteiger partial charge is 0.395 e. The van der Waals surface area contributed by atoms with Gasteiger partial charge in [-0.25, -0.2) is 0 Å². The highest BCUT2D eigenvalue weighted by molar-refractivity contribution is 4.79. The molecule has 1 atom stereocenters. The van der Waals surface area contributed by atoms with Crippen molar-refractivity contribution in [3.8, 4) is 0 Å². The van der Waals surface area contributed by atoms with Gasteiger partial charge in [-0.05, 0) is 32.1 Å². The van der Waals surface area contributed by atoms with Crippen LogP contribution >= 0.6 is 0 Å². The second-order valence-electron chi connectivity index (χ2n) is 3.96. The first kappa shape index (κ1) is 11.0. The van der Waals surface area contributed by atoms with Crippen LogP contribution in [-0.2, 0) is 0 Å². The first-order valence-electron chi connectivity index (χ1n) is 5.31. The van der Waals surface area contributed by atoms with E-state index in [-0.39, 0.29) is 18.8 Å². The number of hydrogen-bond acceptors (Lipinski definition) is 3. The van der Waals surface area contributed by atoms with Gasteiger partial charge in [0.1, 0.15) is 0 Å². The monoisotopic (exact) mass is 187 g/mol. The van der Waals surface area contributed by atoms with E-state index in [2.05, 4.69) is 12.2 Å². The lowest BCUT2D eigenvalue weighted by Crippen LogP contribution is -2.42. The van der Waals surface area contributed by atoms with Crippen molar-refractivity contribution in [3.63, 3.8) is 0 Å². The van der Waals surface area contributed by atoms with E-state index in [9.17, 15) is 5.11 Å². The van der Waals surface area contributed by atoms with Gasteiger partial charge in [0.2, 0.25) is 0 Å². The topological polar surface area (TPSA) is 52.5 Å². The van der Waals surface area contributed by atoms with E-state index in [0.717, 1.165) is 32.1 Å². The Hall–Kier alpha value is -0.120. The van der Waals surface area contributed by atoms with Crippen LogP contribution in [0.5, 0.6) is 0 Å². The molecule has 1 rings (SSSR count). The average molecular weight is 187 g/mol. The van der Waals surface area contributed by atoms with Gasteiger partial charge in [0.05, 0.1) is 12.7 Å². The Morgan fingerprint density at radius 3 is 2.38 bits per heavy atom. The Morgan fingerprint density at radius 2 is 1.92 bits per heavy atom. The van der Waals surface area contributed by atoms with Gasteiger partial charge in [-0.3, -0.25) is 0 Å². The zero-order chi connectivity index (χ0) is 9.68. The van der Waals surface area contributed by atoms with Crippen LogP contribution in [0.1, 0.15) is 39.0 Å². The number of aliphatic hydroxyl groups excluding tert-OH is 2. The summed E-state index contributed by atoms with van der Waals surface area (Å²) in [6.07, 6.45) is 4.76. The van der Waals surface area contributed by atoms with Crippen LogP contribution < -0.4 is 5.32 Å². The standard InChI is InChI=1S/C10H21NO2/c1-2-8(7-12)11-9-3-5-10(13)6-4-9/h8-13H,2-7H2,1H3. The third-order valence-corrected chi connectivity index (χ3v) is 2.88. The normalized spacial score (nSPS) is 31.6. The molecule has 78 valence electrons. The van der Waals surface area contributed by atoms with E-state index < -0.39 is 0 Å². The van der Waals surface area contributed by atoms with Gasteiger partial charge in [0, 0.05) is 12.1 Å². The van der Waals surface area contributed by atoms with E-state index in [1.54, 1.807) is 0 Å². The molecule has 0 bridgehead atoms. The molecule has 0 aromatic heterocycles. The van der Waals surface area contributed by atoms with E-state index >= 15 is 0 Å². The van der Waals surface area contributed by atoms with Crippen molar-refractivity contribution < 1.29 is 10.2 Å². The molecule has 3 N–H and O–H groups in total. The van der Waals surface area contributed by atoms with Crippen LogP contribution in [0.25, 0.3) is 0 Å².